The zero-order valence-electron chi connectivity index (χ0n) is 15.1. The van der Waals surface area contributed by atoms with Crippen molar-refractivity contribution in [3.8, 4) is 0 Å². The van der Waals surface area contributed by atoms with Gasteiger partial charge in [-0.05, 0) is 60.3 Å². The van der Waals surface area contributed by atoms with Crippen molar-refractivity contribution < 1.29 is 0 Å². The van der Waals surface area contributed by atoms with Crippen molar-refractivity contribution in [2.45, 2.75) is 26.3 Å². The van der Waals surface area contributed by atoms with E-state index in [-0.39, 0.29) is 0 Å². The van der Waals surface area contributed by atoms with Crippen LogP contribution in [0.3, 0.4) is 0 Å². The monoisotopic (exact) mass is 350 g/mol. The fourth-order valence-electron chi connectivity index (χ4n) is 3.95. The molecule has 3 aromatic rings. The molecule has 1 atom stereocenters. The Hall–Kier alpha value is -1.68. The summed E-state index contributed by atoms with van der Waals surface area (Å²) < 4.78 is 1.39. The molecule has 0 radical (unpaired) electrons. The number of nitrogens with zero attached hydrogens (tertiary/aromatic N) is 1. The standard InChI is InChI=1S/C22H26N2S/c1-16-8-9-17(2)19(14-16)22(24-12-5-10-23-11-13-24)20-15-25-21-7-4-3-6-18(20)21/h3-4,6-9,14-15,22-23H,5,10-13H2,1-2H3. The second-order valence-electron chi connectivity index (χ2n) is 7.09. The minimum Gasteiger partial charge on any atom is -0.315 e. The molecule has 1 unspecified atom stereocenters. The zero-order chi connectivity index (χ0) is 17.2. The fourth-order valence-corrected chi connectivity index (χ4v) is 4.93. The highest BCUT2D eigenvalue weighted by Crippen LogP contribution is 2.38. The lowest BCUT2D eigenvalue weighted by Gasteiger charge is -2.32. The quantitative estimate of drug-likeness (QED) is 0.722. The summed E-state index contributed by atoms with van der Waals surface area (Å²) in [5.41, 5.74) is 5.67. The van der Waals surface area contributed by atoms with Gasteiger partial charge in [-0.25, -0.2) is 0 Å². The number of rotatable bonds is 3. The first-order valence-electron chi connectivity index (χ1n) is 9.22. The summed E-state index contributed by atoms with van der Waals surface area (Å²) in [4.78, 5) is 2.68. The molecule has 0 spiro atoms. The molecule has 4 rings (SSSR count). The molecule has 1 saturated heterocycles. The highest BCUT2D eigenvalue weighted by Gasteiger charge is 2.26. The third-order valence-corrected chi connectivity index (χ3v) is 6.26. The number of aryl methyl sites for hydroxylation is 2. The van der Waals surface area contributed by atoms with E-state index < -0.39 is 0 Å². The van der Waals surface area contributed by atoms with Gasteiger partial charge in [-0.1, -0.05) is 42.0 Å². The predicted octanol–water partition coefficient (Wildman–Crippen LogP) is 4.90. The molecule has 1 N–H and O–H groups in total. The van der Waals surface area contributed by atoms with Crippen molar-refractivity contribution in [1.29, 1.82) is 0 Å². The molecule has 130 valence electrons. The Morgan fingerprint density at radius 2 is 1.88 bits per heavy atom. The van der Waals surface area contributed by atoms with E-state index in [1.807, 2.05) is 11.3 Å². The van der Waals surface area contributed by atoms with Gasteiger partial charge >= 0.3 is 0 Å². The minimum absolute atomic E-state index is 0.343. The van der Waals surface area contributed by atoms with Crippen LogP contribution in [0.25, 0.3) is 10.1 Å². The van der Waals surface area contributed by atoms with Gasteiger partial charge in [0, 0.05) is 24.3 Å². The van der Waals surface area contributed by atoms with E-state index in [2.05, 4.69) is 71.9 Å². The summed E-state index contributed by atoms with van der Waals surface area (Å²) in [7, 11) is 0. The molecular formula is C22H26N2S. The molecule has 25 heavy (non-hydrogen) atoms. The predicted molar refractivity (Wildman–Crippen MR) is 109 cm³/mol. The molecule has 0 saturated carbocycles. The van der Waals surface area contributed by atoms with Gasteiger partial charge in [0.2, 0.25) is 0 Å². The first-order valence-corrected chi connectivity index (χ1v) is 10.1. The second kappa shape index (κ2) is 7.28. The normalized spacial score (nSPS) is 17.5. The van der Waals surface area contributed by atoms with Gasteiger partial charge in [0.1, 0.15) is 0 Å². The van der Waals surface area contributed by atoms with Gasteiger partial charge in [0.25, 0.3) is 0 Å². The lowest BCUT2D eigenvalue weighted by Crippen LogP contribution is -2.33. The van der Waals surface area contributed by atoms with Crippen molar-refractivity contribution >= 4 is 21.4 Å². The van der Waals surface area contributed by atoms with Crippen molar-refractivity contribution in [2.75, 3.05) is 26.2 Å². The first-order chi connectivity index (χ1) is 12.2. The Kier molecular flexibility index (Phi) is 4.89. The number of hydrogen-bond donors (Lipinski definition) is 1. The van der Waals surface area contributed by atoms with Crippen LogP contribution in [0.5, 0.6) is 0 Å². The van der Waals surface area contributed by atoms with Crippen molar-refractivity contribution in [3.05, 3.63) is 70.1 Å². The van der Waals surface area contributed by atoms with E-state index >= 15 is 0 Å². The maximum atomic E-state index is 3.55. The van der Waals surface area contributed by atoms with E-state index in [1.165, 1.54) is 38.8 Å². The molecule has 1 aliphatic rings. The van der Waals surface area contributed by atoms with Crippen LogP contribution in [-0.4, -0.2) is 31.1 Å². The summed E-state index contributed by atoms with van der Waals surface area (Å²) in [6, 6.07) is 16.1. The average molecular weight is 351 g/mol. The molecule has 2 aromatic carbocycles. The number of hydrogen-bond acceptors (Lipinski definition) is 3. The Morgan fingerprint density at radius 3 is 2.80 bits per heavy atom. The molecule has 1 aliphatic heterocycles. The van der Waals surface area contributed by atoms with Crippen LogP contribution < -0.4 is 5.32 Å². The van der Waals surface area contributed by atoms with E-state index in [0.717, 1.165) is 26.2 Å². The van der Waals surface area contributed by atoms with Crippen LogP contribution in [0.1, 0.15) is 34.7 Å². The van der Waals surface area contributed by atoms with Gasteiger partial charge in [-0.2, -0.15) is 0 Å². The number of nitrogens with one attached hydrogen (secondary N) is 1. The van der Waals surface area contributed by atoms with Gasteiger partial charge in [-0.15, -0.1) is 11.3 Å². The highest BCUT2D eigenvalue weighted by atomic mass is 32.1. The Balaban J connectivity index is 1.87. The smallest absolute Gasteiger partial charge is 0.0619 e. The summed E-state index contributed by atoms with van der Waals surface area (Å²) in [5.74, 6) is 0. The molecule has 0 aliphatic carbocycles. The topological polar surface area (TPSA) is 15.3 Å². The summed E-state index contributed by atoms with van der Waals surface area (Å²) >= 11 is 1.87. The fraction of sp³-hybridized carbons (Fsp3) is 0.364. The third kappa shape index (κ3) is 3.37. The van der Waals surface area contributed by atoms with Crippen LogP contribution in [0.4, 0.5) is 0 Å². The molecule has 1 aromatic heterocycles. The van der Waals surface area contributed by atoms with Gasteiger partial charge in [0.15, 0.2) is 0 Å². The Labute approximate surface area is 154 Å². The van der Waals surface area contributed by atoms with Gasteiger partial charge in [0.05, 0.1) is 6.04 Å². The molecule has 3 heteroatoms. The first kappa shape index (κ1) is 16.8. The van der Waals surface area contributed by atoms with Crippen LogP contribution in [0.2, 0.25) is 0 Å². The van der Waals surface area contributed by atoms with Crippen molar-refractivity contribution in [1.82, 2.24) is 10.2 Å². The Bertz CT molecular complexity index is 859. The lowest BCUT2D eigenvalue weighted by molar-refractivity contribution is 0.242. The summed E-state index contributed by atoms with van der Waals surface area (Å²) in [5, 5.41) is 7.35. The summed E-state index contributed by atoms with van der Waals surface area (Å²) in [6.45, 7) is 8.91. The molecule has 0 amide bonds. The Morgan fingerprint density at radius 1 is 1.00 bits per heavy atom. The van der Waals surface area contributed by atoms with Gasteiger partial charge in [-0.3, -0.25) is 4.90 Å². The lowest BCUT2D eigenvalue weighted by atomic mass is 9.92. The number of thiophene rings is 1. The molecule has 2 nitrogen and oxygen atoms in total. The maximum Gasteiger partial charge on any atom is 0.0619 e. The maximum absolute atomic E-state index is 3.55. The zero-order valence-corrected chi connectivity index (χ0v) is 15.9. The van der Waals surface area contributed by atoms with Crippen LogP contribution in [0, 0.1) is 13.8 Å². The number of benzene rings is 2. The van der Waals surface area contributed by atoms with Crippen molar-refractivity contribution in [2.24, 2.45) is 0 Å². The summed E-state index contributed by atoms with van der Waals surface area (Å²) in [6.07, 6.45) is 1.21. The van der Waals surface area contributed by atoms with Crippen LogP contribution >= 0.6 is 11.3 Å². The molecule has 2 heterocycles. The average Bonchev–Trinajstić information content (AvgIpc) is 2.85. The molecular weight excluding hydrogens is 324 g/mol. The second-order valence-corrected chi connectivity index (χ2v) is 8.00. The highest BCUT2D eigenvalue weighted by molar-refractivity contribution is 7.17. The largest absolute Gasteiger partial charge is 0.315 e. The van der Waals surface area contributed by atoms with Gasteiger partial charge < -0.3 is 5.32 Å². The van der Waals surface area contributed by atoms with Crippen LogP contribution in [0.15, 0.2) is 47.8 Å². The SMILES string of the molecule is Cc1ccc(C)c(C(c2csc3ccccc23)N2CCCNCC2)c1. The van der Waals surface area contributed by atoms with E-state index in [0.29, 0.717) is 6.04 Å². The van der Waals surface area contributed by atoms with Crippen molar-refractivity contribution in [3.63, 3.8) is 0 Å². The van der Waals surface area contributed by atoms with E-state index in [9.17, 15) is 0 Å². The third-order valence-electron chi connectivity index (χ3n) is 5.27. The minimum atomic E-state index is 0.343. The number of fused-ring (bicyclic) bond motifs is 1. The van der Waals surface area contributed by atoms with E-state index in [4.69, 9.17) is 0 Å². The van der Waals surface area contributed by atoms with Crippen LogP contribution in [-0.2, 0) is 0 Å². The van der Waals surface area contributed by atoms with E-state index in [1.54, 1.807) is 0 Å². The molecule has 0 bridgehead atoms. The molecule has 1 fully saturated rings.